The van der Waals surface area contributed by atoms with Crippen molar-refractivity contribution in [1.82, 2.24) is 5.32 Å². The van der Waals surface area contributed by atoms with Gasteiger partial charge in [0.15, 0.2) is 0 Å². The van der Waals surface area contributed by atoms with Crippen LogP contribution in [-0.2, 0) is 13.0 Å². The van der Waals surface area contributed by atoms with E-state index in [0.717, 1.165) is 31.0 Å². The van der Waals surface area contributed by atoms with Crippen LogP contribution in [-0.4, -0.2) is 20.3 Å². The summed E-state index contributed by atoms with van der Waals surface area (Å²) in [4.78, 5) is 0. The highest BCUT2D eigenvalue weighted by Gasteiger charge is 1.98. The topological polar surface area (TPSA) is 30.5 Å². The van der Waals surface area contributed by atoms with E-state index < -0.39 is 0 Å². The van der Waals surface area contributed by atoms with Gasteiger partial charge in [-0.25, -0.2) is 0 Å². The van der Waals surface area contributed by atoms with Crippen molar-refractivity contribution >= 4 is 12.4 Å². The van der Waals surface area contributed by atoms with Crippen molar-refractivity contribution in [2.75, 3.05) is 20.3 Å². The standard InChI is InChI=1S/C18H23NO2.ClH/c1-3-21-18-6-4-5-16(13-18)14-19-12-11-15-7-9-17(20-2)10-8-15;/h4-10,13,19H,3,11-12,14H2,1-2H3;1H. The third-order valence-electron chi connectivity index (χ3n) is 3.29. The highest BCUT2D eigenvalue weighted by molar-refractivity contribution is 5.85. The van der Waals surface area contributed by atoms with Crippen LogP contribution in [0.1, 0.15) is 18.1 Å². The fraction of sp³-hybridized carbons (Fsp3) is 0.333. The van der Waals surface area contributed by atoms with Gasteiger partial charge in [0.2, 0.25) is 0 Å². The van der Waals surface area contributed by atoms with Gasteiger partial charge in [-0.15, -0.1) is 12.4 Å². The number of methoxy groups -OCH3 is 1. The maximum atomic E-state index is 5.50. The molecule has 3 nitrogen and oxygen atoms in total. The monoisotopic (exact) mass is 321 g/mol. The molecule has 0 aliphatic rings. The Bertz CT molecular complexity index is 543. The summed E-state index contributed by atoms with van der Waals surface area (Å²) in [5.74, 6) is 1.84. The molecule has 2 aromatic carbocycles. The molecular weight excluding hydrogens is 298 g/mol. The van der Waals surface area contributed by atoms with Crippen LogP contribution < -0.4 is 14.8 Å². The fourth-order valence-corrected chi connectivity index (χ4v) is 2.17. The predicted molar refractivity (Wildman–Crippen MR) is 93.3 cm³/mol. The van der Waals surface area contributed by atoms with Gasteiger partial charge >= 0.3 is 0 Å². The highest BCUT2D eigenvalue weighted by atomic mass is 35.5. The number of halogens is 1. The van der Waals surface area contributed by atoms with Crippen LogP contribution in [0.15, 0.2) is 48.5 Å². The quantitative estimate of drug-likeness (QED) is 0.749. The Morgan fingerprint density at radius 3 is 2.41 bits per heavy atom. The average molecular weight is 322 g/mol. The molecule has 0 unspecified atom stereocenters. The largest absolute Gasteiger partial charge is 0.497 e. The Kier molecular flexibility index (Phi) is 8.41. The molecule has 2 aromatic rings. The molecule has 2 rings (SSSR count). The van der Waals surface area contributed by atoms with Gasteiger partial charge in [-0.05, 0) is 55.3 Å². The molecule has 1 N–H and O–H groups in total. The second-order valence-corrected chi connectivity index (χ2v) is 4.86. The molecule has 0 bridgehead atoms. The van der Waals surface area contributed by atoms with Crippen molar-refractivity contribution in [2.45, 2.75) is 19.9 Å². The van der Waals surface area contributed by atoms with E-state index in [2.05, 4.69) is 29.6 Å². The number of rotatable bonds is 8. The molecule has 22 heavy (non-hydrogen) atoms. The van der Waals surface area contributed by atoms with Crippen molar-refractivity contribution in [1.29, 1.82) is 0 Å². The Labute approximate surface area is 139 Å². The first-order valence-electron chi connectivity index (χ1n) is 7.37. The summed E-state index contributed by atoms with van der Waals surface area (Å²) in [5, 5.41) is 3.46. The van der Waals surface area contributed by atoms with Gasteiger partial charge in [-0.1, -0.05) is 24.3 Å². The SMILES string of the molecule is CCOc1cccc(CNCCc2ccc(OC)cc2)c1.Cl. The normalized spacial score (nSPS) is 9.91. The average Bonchev–Trinajstić information content (AvgIpc) is 2.53. The molecule has 120 valence electrons. The van der Waals surface area contributed by atoms with Gasteiger partial charge in [-0.3, -0.25) is 0 Å². The van der Waals surface area contributed by atoms with Crippen molar-refractivity contribution in [3.8, 4) is 11.5 Å². The van der Waals surface area contributed by atoms with Crippen LogP contribution in [0, 0.1) is 0 Å². The summed E-state index contributed by atoms with van der Waals surface area (Å²) in [6.07, 6.45) is 1.01. The van der Waals surface area contributed by atoms with Crippen LogP contribution in [0.3, 0.4) is 0 Å². The minimum absolute atomic E-state index is 0. The predicted octanol–water partition coefficient (Wildman–Crippen LogP) is 3.85. The van der Waals surface area contributed by atoms with Crippen LogP contribution >= 0.6 is 12.4 Å². The van der Waals surface area contributed by atoms with Crippen LogP contribution in [0.2, 0.25) is 0 Å². The molecule has 0 aliphatic heterocycles. The minimum atomic E-state index is 0. The second kappa shape index (κ2) is 10.1. The lowest BCUT2D eigenvalue weighted by atomic mass is 10.1. The summed E-state index contributed by atoms with van der Waals surface area (Å²) >= 11 is 0. The Balaban J connectivity index is 0.00000242. The minimum Gasteiger partial charge on any atom is -0.497 e. The molecular formula is C18H24ClNO2. The summed E-state index contributed by atoms with van der Waals surface area (Å²) in [6, 6.07) is 16.4. The molecule has 0 saturated carbocycles. The third-order valence-corrected chi connectivity index (χ3v) is 3.29. The molecule has 0 aromatic heterocycles. The van der Waals surface area contributed by atoms with Crippen molar-refractivity contribution in [3.05, 3.63) is 59.7 Å². The van der Waals surface area contributed by atoms with E-state index in [1.807, 2.05) is 31.2 Å². The number of hydrogen-bond donors (Lipinski definition) is 1. The fourth-order valence-electron chi connectivity index (χ4n) is 2.17. The third kappa shape index (κ3) is 5.96. The highest BCUT2D eigenvalue weighted by Crippen LogP contribution is 2.13. The van der Waals surface area contributed by atoms with E-state index in [1.165, 1.54) is 11.1 Å². The molecule has 0 fully saturated rings. The Morgan fingerprint density at radius 1 is 0.955 bits per heavy atom. The maximum absolute atomic E-state index is 5.50. The van der Waals surface area contributed by atoms with Gasteiger partial charge in [0.1, 0.15) is 11.5 Å². The number of hydrogen-bond acceptors (Lipinski definition) is 3. The van der Waals surface area contributed by atoms with Crippen molar-refractivity contribution in [2.24, 2.45) is 0 Å². The van der Waals surface area contributed by atoms with Crippen molar-refractivity contribution in [3.63, 3.8) is 0 Å². The van der Waals surface area contributed by atoms with Crippen molar-refractivity contribution < 1.29 is 9.47 Å². The lowest BCUT2D eigenvalue weighted by molar-refractivity contribution is 0.340. The van der Waals surface area contributed by atoms with E-state index >= 15 is 0 Å². The molecule has 0 saturated heterocycles. The van der Waals surface area contributed by atoms with E-state index in [0.29, 0.717) is 6.61 Å². The molecule has 0 radical (unpaired) electrons. The lowest BCUT2D eigenvalue weighted by Crippen LogP contribution is -2.16. The van der Waals surface area contributed by atoms with Gasteiger partial charge < -0.3 is 14.8 Å². The Morgan fingerprint density at radius 2 is 1.73 bits per heavy atom. The van der Waals surface area contributed by atoms with Crippen LogP contribution in [0.25, 0.3) is 0 Å². The second-order valence-electron chi connectivity index (χ2n) is 4.86. The van der Waals surface area contributed by atoms with E-state index in [1.54, 1.807) is 7.11 Å². The smallest absolute Gasteiger partial charge is 0.119 e. The van der Waals surface area contributed by atoms with E-state index in [-0.39, 0.29) is 12.4 Å². The zero-order valence-electron chi connectivity index (χ0n) is 13.2. The van der Waals surface area contributed by atoms with Gasteiger partial charge in [-0.2, -0.15) is 0 Å². The van der Waals surface area contributed by atoms with Crippen LogP contribution in [0.5, 0.6) is 11.5 Å². The first kappa shape index (κ1) is 18.3. The molecule has 0 atom stereocenters. The first-order chi connectivity index (χ1) is 10.3. The van der Waals surface area contributed by atoms with Gasteiger partial charge in [0, 0.05) is 6.54 Å². The maximum Gasteiger partial charge on any atom is 0.119 e. The number of benzene rings is 2. The lowest BCUT2D eigenvalue weighted by Gasteiger charge is -2.08. The Hall–Kier alpha value is -1.71. The molecule has 0 aliphatic carbocycles. The molecule has 0 amide bonds. The van der Waals surface area contributed by atoms with Gasteiger partial charge in [0.25, 0.3) is 0 Å². The molecule has 4 heteroatoms. The molecule has 0 heterocycles. The zero-order chi connectivity index (χ0) is 14.9. The zero-order valence-corrected chi connectivity index (χ0v) is 14.0. The first-order valence-corrected chi connectivity index (χ1v) is 7.37. The summed E-state index contributed by atoms with van der Waals surface area (Å²) in [7, 11) is 1.69. The number of ether oxygens (including phenoxy) is 2. The van der Waals surface area contributed by atoms with Crippen LogP contribution in [0.4, 0.5) is 0 Å². The van der Waals surface area contributed by atoms with E-state index in [9.17, 15) is 0 Å². The number of nitrogens with one attached hydrogen (secondary N) is 1. The summed E-state index contributed by atoms with van der Waals surface area (Å²) in [6.45, 7) is 4.51. The molecule has 0 spiro atoms. The summed E-state index contributed by atoms with van der Waals surface area (Å²) < 4.78 is 10.7. The van der Waals surface area contributed by atoms with E-state index in [4.69, 9.17) is 9.47 Å². The summed E-state index contributed by atoms with van der Waals surface area (Å²) in [5.41, 5.74) is 2.56. The van der Waals surface area contributed by atoms with Gasteiger partial charge in [0.05, 0.1) is 13.7 Å².